The number of carbonyl (C=O) groups excluding carboxylic acids is 1. The van der Waals surface area contributed by atoms with Crippen molar-refractivity contribution in [3.8, 4) is 0 Å². The smallest absolute Gasteiger partial charge is 0.245 e. The van der Waals surface area contributed by atoms with E-state index in [1.807, 2.05) is 43.3 Å². The van der Waals surface area contributed by atoms with Crippen LogP contribution in [-0.2, 0) is 4.79 Å². The van der Waals surface area contributed by atoms with Gasteiger partial charge in [-0.2, -0.15) is 5.10 Å². The number of hydrogen-bond donors (Lipinski definition) is 3. The maximum Gasteiger partial charge on any atom is 0.245 e. The normalized spacial score (nSPS) is 11.0. The van der Waals surface area contributed by atoms with Crippen molar-refractivity contribution in [1.82, 2.24) is 15.2 Å². The van der Waals surface area contributed by atoms with E-state index < -0.39 is 0 Å². The lowest BCUT2D eigenvalue weighted by molar-refractivity contribution is -0.114. The molecule has 0 radical (unpaired) electrons. The third-order valence-corrected chi connectivity index (χ3v) is 4.71. The summed E-state index contributed by atoms with van der Waals surface area (Å²) >= 11 is 1.45. The van der Waals surface area contributed by atoms with Gasteiger partial charge < -0.3 is 10.6 Å². The van der Waals surface area contributed by atoms with Gasteiger partial charge in [0.15, 0.2) is 5.13 Å². The molecule has 4 aromatic rings. The lowest BCUT2D eigenvalue weighted by Crippen LogP contribution is -2.21. The molecule has 0 aliphatic rings. The molecule has 2 aromatic carbocycles. The molecule has 6 nitrogen and oxygen atoms in total. The van der Waals surface area contributed by atoms with E-state index >= 15 is 0 Å². The van der Waals surface area contributed by atoms with Crippen molar-refractivity contribution >= 4 is 49.2 Å². The SMILES string of the molecule is Cc1cccc(NCC(=O)Nc2nc3ccc4[nH]ncc4c3s2)c1. The van der Waals surface area contributed by atoms with Crippen molar-refractivity contribution in [3.05, 3.63) is 48.2 Å². The summed E-state index contributed by atoms with van der Waals surface area (Å²) in [7, 11) is 0. The van der Waals surface area contributed by atoms with E-state index in [4.69, 9.17) is 0 Å². The topological polar surface area (TPSA) is 82.7 Å². The minimum absolute atomic E-state index is 0.126. The summed E-state index contributed by atoms with van der Waals surface area (Å²) in [6, 6.07) is 11.8. The number of anilines is 2. The summed E-state index contributed by atoms with van der Waals surface area (Å²) in [6.45, 7) is 2.21. The zero-order chi connectivity index (χ0) is 16.5. The maximum atomic E-state index is 12.1. The van der Waals surface area contributed by atoms with Gasteiger partial charge >= 0.3 is 0 Å². The van der Waals surface area contributed by atoms with Crippen molar-refractivity contribution < 1.29 is 4.79 Å². The van der Waals surface area contributed by atoms with Gasteiger partial charge in [-0.3, -0.25) is 9.89 Å². The number of aromatic amines is 1. The fraction of sp³-hybridized carbons (Fsp3) is 0.118. The van der Waals surface area contributed by atoms with Crippen LogP contribution in [0.3, 0.4) is 0 Å². The Kier molecular flexibility index (Phi) is 3.62. The fourth-order valence-corrected chi connectivity index (χ4v) is 3.55. The van der Waals surface area contributed by atoms with E-state index in [9.17, 15) is 4.79 Å². The molecule has 2 heterocycles. The molecule has 120 valence electrons. The standard InChI is InChI=1S/C17H15N5OS/c1-10-3-2-4-11(7-10)18-9-15(23)21-17-20-14-6-5-13-12(8-19-22-13)16(14)24-17/h2-8,18H,9H2,1H3,(H,19,22)(H,20,21,23). The number of nitrogens with one attached hydrogen (secondary N) is 3. The second-order valence-corrected chi connectivity index (χ2v) is 6.53. The Morgan fingerprint density at radius 1 is 1.29 bits per heavy atom. The van der Waals surface area contributed by atoms with Crippen molar-refractivity contribution in [2.45, 2.75) is 6.92 Å². The molecule has 0 unspecified atom stereocenters. The molecule has 7 heteroatoms. The van der Waals surface area contributed by atoms with Gasteiger partial charge in [0.2, 0.25) is 5.91 Å². The van der Waals surface area contributed by atoms with Crippen LogP contribution < -0.4 is 10.6 Å². The van der Waals surface area contributed by atoms with E-state index in [1.165, 1.54) is 11.3 Å². The Morgan fingerprint density at radius 3 is 3.08 bits per heavy atom. The number of aromatic nitrogens is 3. The number of rotatable bonds is 4. The monoisotopic (exact) mass is 337 g/mol. The predicted molar refractivity (Wildman–Crippen MR) is 97.6 cm³/mol. The molecule has 1 amide bonds. The highest BCUT2D eigenvalue weighted by atomic mass is 32.1. The second kappa shape index (κ2) is 5.93. The Bertz CT molecular complexity index is 1040. The molecule has 24 heavy (non-hydrogen) atoms. The number of fused-ring (bicyclic) bond motifs is 3. The summed E-state index contributed by atoms with van der Waals surface area (Å²) in [5.74, 6) is -0.126. The average Bonchev–Trinajstić information content (AvgIpc) is 3.18. The second-order valence-electron chi connectivity index (χ2n) is 5.54. The average molecular weight is 337 g/mol. The third kappa shape index (κ3) is 2.81. The molecule has 0 aliphatic heterocycles. The molecular formula is C17H15N5OS. The quantitative estimate of drug-likeness (QED) is 0.532. The van der Waals surface area contributed by atoms with Crippen molar-refractivity contribution in [2.24, 2.45) is 0 Å². The molecule has 0 bridgehead atoms. The molecule has 2 aromatic heterocycles. The molecule has 0 saturated heterocycles. The molecule has 0 saturated carbocycles. The molecule has 0 aliphatic carbocycles. The number of thiazole rings is 1. The molecule has 4 rings (SSSR count). The number of aryl methyl sites for hydroxylation is 1. The van der Waals surface area contributed by atoms with Gasteiger partial charge in [0.05, 0.1) is 28.5 Å². The molecule has 0 atom stereocenters. The van der Waals surface area contributed by atoms with Crippen LogP contribution in [0.4, 0.5) is 10.8 Å². The minimum atomic E-state index is -0.126. The number of H-pyrrole nitrogens is 1. The van der Waals surface area contributed by atoms with Gasteiger partial charge in [-0.05, 0) is 36.8 Å². The fourth-order valence-electron chi connectivity index (χ4n) is 2.56. The predicted octanol–water partition coefficient (Wildman–Crippen LogP) is 3.53. The number of amides is 1. The van der Waals surface area contributed by atoms with Gasteiger partial charge in [-0.15, -0.1) is 0 Å². The third-order valence-electron chi connectivity index (χ3n) is 3.69. The van der Waals surface area contributed by atoms with Gasteiger partial charge in [-0.1, -0.05) is 23.5 Å². The first kappa shape index (κ1) is 14.6. The summed E-state index contributed by atoms with van der Waals surface area (Å²) < 4.78 is 1.02. The Labute approximate surface area is 141 Å². The van der Waals surface area contributed by atoms with Crippen LogP contribution in [0.5, 0.6) is 0 Å². The zero-order valence-electron chi connectivity index (χ0n) is 13.0. The first-order chi connectivity index (χ1) is 11.7. The van der Waals surface area contributed by atoms with E-state index in [0.29, 0.717) is 5.13 Å². The van der Waals surface area contributed by atoms with Crippen LogP contribution in [0.1, 0.15) is 5.56 Å². The Hall–Kier alpha value is -2.93. The van der Waals surface area contributed by atoms with E-state index in [2.05, 4.69) is 25.8 Å². The Morgan fingerprint density at radius 2 is 2.21 bits per heavy atom. The lowest BCUT2D eigenvalue weighted by Gasteiger charge is -2.06. The highest BCUT2D eigenvalue weighted by Gasteiger charge is 2.11. The van der Waals surface area contributed by atoms with Crippen LogP contribution in [-0.4, -0.2) is 27.6 Å². The van der Waals surface area contributed by atoms with Gasteiger partial charge in [-0.25, -0.2) is 4.98 Å². The summed E-state index contributed by atoms with van der Waals surface area (Å²) in [4.78, 5) is 16.6. The number of carbonyl (C=O) groups is 1. The van der Waals surface area contributed by atoms with Crippen molar-refractivity contribution in [1.29, 1.82) is 0 Å². The van der Waals surface area contributed by atoms with Crippen molar-refractivity contribution in [3.63, 3.8) is 0 Å². The summed E-state index contributed by atoms with van der Waals surface area (Å²) in [5.41, 5.74) is 3.89. The van der Waals surface area contributed by atoms with Crippen LogP contribution in [0.15, 0.2) is 42.6 Å². The largest absolute Gasteiger partial charge is 0.376 e. The highest BCUT2D eigenvalue weighted by molar-refractivity contribution is 7.23. The van der Waals surface area contributed by atoms with E-state index in [0.717, 1.165) is 32.4 Å². The van der Waals surface area contributed by atoms with Gasteiger partial charge in [0.25, 0.3) is 0 Å². The summed E-state index contributed by atoms with van der Waals surface area (Å²) in [6.07, 6.45) is 1.78. The zero-order valence-corrected chi connectivity index (χ0v) is 13.8. The molecule has 0 fully saturated rings. The van der Waals surface area contributed by atoms with Crippen LogP contribution in [0.25, 0.3) is 21.1 Å². The van der Waals surface area contributed by atoms with Crippen LogP contribution >= 0.6 is 11.3 Å². The van der Waals surface area contributed by atoms with Gasteiger partial charge in [0, 0.05) is 11.1 Å². The van der Waals surface area contributed by atoms with Gasteiger partial charge in [0.1, 0.15) is 0 Å². The number of hydrogen-bond acceptors (Lipinski definition) is 5. The Balaban J connectivity index is 1.48. The molecule has 0 spiro atoms. The first-order valence-electron chi connectivity index (χ1n) is 7.52. The van der Waals surface area contributed by atoms with Crippen LogP contribution in [0, 0.1) is 6.92 Å². The van der Waals surface area contributed by atoms with Crippen molar-refractivity contribution in [2.75, 3.05) is 17.2 Å². The maximum absolute atomic E-state index is 12.1. The first-order valence-corrected chi connectivity index (χ1v) is 8.34. The summed E-state index contributed by atoms with van der Waals surface area (Å²) in [5, 5.41) is 14.6. The molecule has 3 N–H and O–H groups in total. The lowest BCUT2D eigenvalue weighted by atomic mass is 10.2. The van der Waals surface area contributed by atoms with E-state index in [1.54, 1.807) is 6.20 Å². The van der Waals surface area contributed by atoms with Crippen LogP contribution in [0.2, 0.25) is 0 Å². The molecular weight excluding hydrogens is 322 g/mol. The number of nitrogens with zero attached hydrogens (tertiary/aromatic N) is 2. The number of benzene rings is 2. The minimum Gasteiger partial charge on any atom is -0.376 e. The van der Waals surface area contributed by atoms with E-state index in [-0.39, 0.29) is 12.5 Å². The highest BCUT2D eigenvalue weighted by Crippen LogP contribution is 2.31.